The monoisotopic (exact) mass is 425 g/mol. The molecule has 8 heteroatoms. The highest BCUT2D eigenvalue weighted by molar-refractivity contribution is 7.98. The topological polar surface area (TPSA) is 102 Å². The zero-order chi connectivity index (χ0) is 21.1. The van der Waals surface area contributed by atoms with Crippen LogP contribution >= 0.6 is 11.8 Å². The molecule has 0 bridgehead atoms. The van der Waals surface area contributed by atoms with Gasteiger partial charge in [0.1, 0.15) is 11.8 Å². The fourth-order valence-corrected chi connectivity index (χ4v) is 4.24. The normalized spacial score (nSPS) is 20.2. The molecule has 0 amide bonds. The van der Waals surface area contributed by atoms with Crippen molar-refractivity contribution in [1.29, 1.82) is 5.53 Å². The van der Waals surface area contributed by atoms with Crippen molar-refractivity contribution in [2.75, 3.05) is 19.5 Å². The summed E-state index contributed by atoms with van der Waals surface area (Å²) in [5, 5.41) is 23.0. The molecule has 30 heavy (non-hydrogen) atoms. The summed E-state index contributed by atoms with van der Waals surface area (Å²) >= 11 is 1.60. The van der Waals surface area contributed by atoms with Crippen molar-refractivity contribution in [2.24, 2.45) is 0 Å². The lowest BCUT2D eigenvalue weighted by Gasteiger charge is -2.24. The van der Waals surface area contributed by atoms with Crippen LogP contribution in [0.2, 0.25) is 0 Å². The Balaban J connectivity index is 1.69. The average molecular weight is 426 g/mol. The highest BCUT2D eigenvalue weighted by atomic mass is 32.2. The number of nitrogens with one attached hydrogen (secondary N) is 1. The molecule has 1 aliphatic rings. The van der Waals surface area contributed by atoms with Crippen LogP contribution in [0.5, 0.6) is 0 Å². The second-order valence-electron chi connectivity index (χ2n) is 7.39. The predicted octanol–water partition coefficient (Wildman–Crippen LogP) is 3.13. The molecule has 1 saturated heterocycles. The second-order valence-corrected chi connectivity index (χ2v) is 8.21. The number of benzene rings is 1. The van der Waals surface area contributed by atoms with E-state index in [1.165, 1.54) is 0 Å². The van der Waals surface area contributed by atoms with E-state index in [2.05, 4.69) is 16.0 Å². The van der Waals surface area contributed by atoms with E-state index in [0.717, 1.165) is 31.8 Å². The summed E-state index contributed by atoms with van der Waals surface area (Å²) in [5.74, 6) is 0. The van der Waals surface area contributed by atoms with Crippen molar-refractivity contribution in [2.45, 2.75) is 36.2 Å². The zero-order valence-corrected chi connectivity index (χ0v) is 17.5. The number of rotatable bonds is 6. The average Bonchev–Trinajstić information content (AvgIpc) is 2.78. The summed E-state index contributed by atoms with van der Waals surface area (Å²) in [4.78, 5) is 8.95. The maximum atomic E-state index is 10.9. The minimum Gasteiger partial charge on any atom is -0.384 e. The molecule has 3 unspecified atom stereocenters. The molecule has 2 aromatic heterocycles. The maximum absolute atomic E-state index is 10.9. The molecule has 156 valence electrons. The molecule has 0 radical (unpaired) electrons. The van der Waals surface area contributed by atoms with Gasteiger partial charge in [0, 0.05) is 18.0 Å². The number of aliphatic hydroxyl groups is 2. The number of aromatic nitrogens is 2. The summed E-state index contributed by atoms with van der Waals surface area (Å²) in [5.41, 5.74) is 11.7. The van der Waals surface area contributed by atoms with Crippen LogP contribution in [0.4, 0.5) is 0 Å². The number of nitrogens with zero attached hydrogens (tertiary/aromatic N) is 3. The van der Waals surface area contributed by atoms with E-state index in [4.69, 9.17) is 10.3 Å². The van der Waals surface area contributed by atoms with Gasteiger partial charge in [0.05, 0.1) is 23.8 Å². The molecule has 0 saturated carbocycles. The van der Waals surface area contributed by atoms with Crippen LogP contribution in [0, 0.1) is 5.53 Å². The predicted molar refractivity (Wildman–Crippen MR) is 114 cm³/mol. The quantitative estimate of drug-likeness (QED) is 0.243. The van der Waals surface area contributed by atoms with Gasteiger partial charge >= 0.3 is 6.23 Å². The molecule has 1 aromatic carbocycles. The third-order valence-electron chi connectivity index (χ3n) is 5.40. The first-order chi connectivity index (χ1) is 14.6. The highest BCUT2D eigenvalue weighted by Crippen LogP contribution is 2.27. The summed E-state index contributed by atoms with van der Waals surface area (Å²) in [6, 6.07) is 13.2. The van der Waals surface area contributed by atoms with Crippen molar-refractivity contribution in [3.8, 4) is 0 Å². The fourth-order valence-electron chi connectivity index (χ4n) is 3.80. The highest BCUT2D eigenvalue weighted by Gasteiger charge is 2.38. The van der Waals surface area contributed by atoms with E-state index in [9.17, 15) is 10.2 Å². The molecule has 1 fully saturated rings. The molecular formula is C22H25N4O3S+. The first-order valence-corrected chi connectivity index (χ1v) is 11.1. The Morgan fingerprint density at radius 3 is 2.93 bits per heavy atom. The van der Waals surface area contributed by atoms with Crippen LogP contribution in [0.3, 0.4) is 0 Å². The Labute approximate surface area is 179 Å². The fraction of sp³-hybridized carbons (Fsp3) is 0.364. The van der Waals surface area contributed by atoms with Crippen LogP contribution in [0.25, 0.3) is 10.9 Å². The van der Waals surface area contributed by atoms with Crippen LogP contribution in [-0.2, 0) is 11.2 Å². The van der Waals surface area contributed by atoms with Gasteiger partial charge in [0.2, 0.25) is 6.04 Å². The van der Waals surface area contributed by atoms with Gasteiger partial charge in [-0.15, -0.1) is 11.8 Å². The number of pyridine rings is 2. The minimum atomic E-state index is -1.25. The standard InChI is InChI=1S/C22H25N4O3S/c1-30-21-11-14(6-8-24-21)10-15-12-18(25-17-5-3-2-4-16(15)17)22(28)26(23)19-7-9-29-13-20(19)27/h2-6,8,11-12,19-20,22-23,27-28H,7,9-10,13H2,1H3/q+1. The van der Waals surface area contributed by atoms with E-state index >= 15 is 0 Å². The van der Waals surface area contributed by atoms with Gasteiger partial charge in [0.25, 0.3) is 0 Å². The van der Waals surface area contributed by atoms with Gasteiger partial charge in [-0.3, -0.25) is 0 Å². The Kier molecular flexibility index (Phi) is 6.38. The van der Waals surface area contributed by atoms with E-state index in [-0.39, 0.29) is 6.61 Å². The lowest BCUT2D eigenvalue weighted by Crippen LogP contribution is -2.44. The molecule has 1 aliphatic heterocycles. The summed E-state index contributed by atoms with van der Waals surface area (Å²) in [6.45, 7) is 0.628. The van der Waals surface area contributed by atoms with Crippen molar-refractivity contribution >= 4 is 22.7 Å². The van der Waals surface area contributed by atoms with Gasteiger partial charge in [-0.1, -0.05) is 28.4 Å². The third kappa shape index (κ3) is 4.37. The van der Waals surface area contributed by atoms with E-state index < -0.39 is 18.4 Å². The van der Waals surface area contributed by atoms with Crippen LogP contribution in [-0.4, -0.2) is 56.5 Å². The van der Waals surface area contributed by atoms with Crippen molar-refractivity contribution in [1.82, 2.24) is 9.97 Å². The Morgan fingerprint density at radius 1 is 1.30 bits per heavy atom. The lowest BCUT2D eigenvalue weighted by molar-refractivity contribution is -0.728. The van der Waals surface area contributed by atoms with Crippen LogP contribution in [0.1, 0.15) is 29.5 Å². The zero-order valence-electron chi connectivity index (χ0n) is 16.7. The summed E-state index contributed by atoms with van der Waals surface area (Å²) < 4.78 is 6.29. The minimum absolute atomic E-state index is 0.170. The number of thioether (sulfide) groups is 1. The molecule has 0 aliphatic carbocycles. The van der Waals surface area contributed by atoms with Crippen LogP contribution < -0.4 is 0 Å². The van der Waals surface area contributed by atoms with Gasteiger partial charge in [0.15, 0.2) is 0 Å². The number of hydrogen-bond acceptors (Lipinski definition) is 7. The van der Waals surface area contributed by atoms with Gasteiger partial charge in [-0.05, 0) is 48.1 Å². The third-order valence-corrected chi connectivity index (χ3v) is 6.04. The van der Waals surface area contributed by atoms with Gasteiger partial charge in [-0.25, -0.2) is 9.97 Å². The Morgan fingerprint density at radius 2 is 2.13 bits per heavy atom. The van der Waals surface area contributed by atoms with Crippen molar-refractivity contribution in [3.05, 3.63) is 65.5 Å². The number of ether oxygens (including phenoxy) is 1. The van der Waals surface area contributed by atoms with Gasteiger partial charge < -0.3 is 14.9 Å². The maximum Gasteiger partial charge on any atom is 0.323 e. The van der Waals surface area contributed by atoms with E-state index in [0.29, 0.717) is 25.1 Å². The van der Waals surface area contributed by atoms with E-state index in [1.54, 1.807) is 18.0 Å². The SMILES string of the molecule is CSc1cc(Cc2cc(C(O)[N+](=N)C3CCOCC3O)nc3ccccc23)ccn1. The van der Waals surface area contributed by atoms with Gasteiger partial charge in [-0.2, -0.15) is 0 Å². The first kappa shape index (κ1) is 20.9. The molecule has 3 aromatic rings. The lowest BCUT2D eigenvalue weighted by atomic mass is 10.00. The molecule has 0 spiro atoms. The second kappa shape index (κ2) is 9.18. The Bertz CT molecular complexity index is 1060. The largest absolute Gasteiger partial charge is 0.384 e. The molecule has 3 atom stereocenters. The molecule has 3 heterocycles. The van der Waals surface area contributed by atoms with Crippen molar-refractivity contribution in [3.63, 3.8) is 0 Å². The molecular weight excluding hydrogens is 400 g/mol. The number of aliphatic hydroxyl groups excluding tert-OH is 2. The molecule has 7 nitrogen and oxygen atoms in total. The first-order valence-electron chi connectivity index (χ1n) is 9.87. The number of hydrogen-bond donors (Lipinski definition) is 3. The summed E-state index contributed by atoms with van der Waals surface area (Å²) in [6.07, 6.45) is 2.89. The molecule has 3 N–H and O–H groups in total. The van der Waals surface area contributed by atoms with Crippen LogP contribution in [0.15, 0.2) is 53.7 Å². The van der Waals surface area contributed by atoms with Crippen molar-refractivity contribution < 1.29 is 19.6 Å². The number of para-hydroxylation sites is 1. The summed E-state index contributed by atoms with van der Waals surface area (Å²) in [7, 11) is 0. The Hall–Kier alpha value is -2.39. The number of fused-ring (bicyclic) bond motifs is 1. The van der Waals surface area contributed by atoms with E-state index in [1.807, 2.05) is 42.7 Å². The smallest absolute Gasteiger partial charge is 0.323 e. The molecule has 4 rings (SSSR count).